The van der Waals surface area contributed by atoms with Crippen LogP contribution in [0.4, 0.5) is 24.8 Å². The van der Waals surface area contributed by atoms with Gasteiger partial charge in [0, 0.05) is 30.6 Å². The molecule has 0 saturated heterocycles. The smallest absolute Gasteiger partial charge is 0.255 e. The van der Waals surface area contributed by atoms with E-state index in [4.69, 9.17) is 0 Å². The molecule has 2 heterocycles. The Morgan fingerprint density at radius 3 is 2.62 bits per heavy atom. The SMILES string of the molecule is CNc1cc(-c2cc(-c3cc(NC(=O)C(/C=C/CF)=C/C=N\F)c(F)cc3C)ccn2)ccn1. The Bertz CT molecular complexity index is 1270. The number of carbonyl (C=O) groups excluding carboxylic acids is 1. The number of hydrogen-bond donors (Lipinski definition) is 2. The monoisotopic (exact) mass is 465 g/mol. The van der Waals surface area contributed by atoms with Gasteiger partial charge in [0.15, 0.2) is 0 Å². The summed E-state index contributed by atoms with van der Waals surface area (Å²) in [7, 11) is 1.77. The Labute approximate surface area is 194 Å². The van der Waals surface area contributed by atoms with E-state index in [1.807, 2.05) is 18.2 Å². The maximum absolute atomic E-state index is 14.7. The van der Waals surface area contributed by atoms with Crippen LogP contribution in [0.15, 0.2) is 77.8 Å². The maximum atomic E-state index is 14.7. The first-order chi connectivity index (χ1) is 16.5. The van der Waals surface area contributed by atoms with Gasteiger partial charge in [0.05, 0.1) is 17.6 Å². The van der Waals surface area contributed by atoms with Crippen LogP contribution in [0.5, 0.6) is 0 Å². The van der Waals surface area contributed by atoms with Gasteiger partial charge in [-0.15, -0.1) is 0 Å². The summed E-state index contributed by atoms with van der Waals surface area (Å²) in [5.41, 5.74) is 3.45. The number of halogens is 3. The van der Waals surface area contributed by atoms with Gasteiger partial charge in [0.25, 0.3) is 5.91 Å². The average Bonchev–Trinajstić information content (AvgIpc) is 2.85. The molecule has 6 nitrogen and oxygen atoms in total. The fraction of sp³-hybridized carbons (Fsp3) is 0.120. The lowest BCUT2D eigenvalue weighted by molar-refractivity contribution is -0.112. The van der Waals surface area contributed by atoms with Crippen molar-refractivity contribution in [2.75, 3.05) is 24.4 Å². The molecule has 0 atom stereocenters. The van der Waals surface area contributed by atoms with Crippen LogP contribution in [-0.4, -0.2) is 35.8 Å². The lowest BCUT2D eigenvalue weighted by Crippen LogP contribution is -2.15. The molecule has 0 saturated carbocycles. The Morgan fingerprint density at radius 1 is 1.12 bits per heavy atom. The summed E-state index contributed by atoms with van der Waals surface area (Å²) in [6.07, 6.45) is 7.34. The number of benzene rings is 1. The van der Waals surface area contributed by atoms with Crippen molar-refractivity contribution >= 4 is 23.6 Å². The van der Waals surface area contributed by atoms with Gasteiger partial charge in [-0.05, 0) is 66.1 Å². The van der Waals surface area contributed by atoms with Gasteiger partial charge in [-0.3, -0.25) is 9.78 Å². The summed E-state index contributed by atoms with van der Waals surface area (Å²) in [6, 6.07) is 10.1. The molecule has 0 unspecified atom stereocenters. The number of allylic oxidation sites excluding steroid dienone is 2. The number of amides is 1. The fourth-order valence-electron chi connectivity index (χ4n) is 3.24. The number of pyridine rings is 2. The first kappa shape index (κ1) is 24.4. The Balaban J connectivity index is 1.97. The molecule has 0 aliphatic carbocycles. The minimum Gasteiger partial charge on any atom is -0.373 e. The topological polar surface area (TPSA) is 79.3 Å². The molecule has 2 N–H and O–H groups in total. The van der Waals surface area contributed by atoms with Crippen LogP contribution >= 0.6 is 0 Å². The van der Waals surface area contributed by atoms with Crippen LogP contribution in [0.2, 0.25) is 0 Å². The third-order valence-electron chi connectivity index (χ3n) is 4.90. The number of aryl methyl sites for hydroxylation is 1. The highest BCUT2D eigenvalue weighted by atomic mass is 19.2. The lowest BCUT2D eigenvalue weighted by Gasteiger charge is -2.13. The highest BCUT2D eigenvalue weighted by Gasteiger charge is 2.14. The van der Waals surface area contributed by atoms with Crippen molar-refractivity contribution in [3.63, 3.8) is 0 Å². The summed E-state index contributed by atoms with van der Waals surface area (Å²) in [6.45, 7) is 0.931. The molecular formula is C25H22F3N5O. The van der Waals surface area contributed by atoms with Crippen LogP contribution in [-0.2, 0) is 4.79 Å². The molecule has 9 heteroatoms. The Kier molecular flexibility index (Phi) is 8.28. The predicted molar refractivity (Wildman–Crippen MR) is 129 cm³/mol. The van der Waals surface area contributed by atoms with Gasteiger partial charge in [-0.2, -0.15) is 0 Å². The van der Waals surface area contributed by atoms with E-state index in [-0.39, 0.29) is 11.3 Å². The van der Waals surface area contributed by atoms with Gasteiger partial charge < -0.3 is 10.6 Å². The summed E-state index contributed by atoms with van der Waals surface area (Å²) >= 11 is 0. The number of hydrogen-bond acceptors (Lipinski definition) is 5. The van der Waals surface area contributed by atoms with Crippen molar-refractivity contribution in [3.8, 4) is 22.4 Å². The molecule has 2 aromatic heterocycles. The van der Waals surface area contributed by atoms with Gasteiger partial charge in [-0.25, -0.2) is 13.8 Å². The summed E-state index contributed by atoms with van der Waals surface area (Å²) in [5, 5.41) is 7.74. The molecule has 0 spiro atoms. The largest absolute Gasteiger partial charge is 0.373 e. The number of nitrogens with one attached hydrogen (secondary N) is 2. The number of carbonyl (C=O) groups is 1. The highest BCUT2D eigenvalue weighted by molar-refractivity contribution is 6.08. The van der Waals surface area contributed by atoms with Crippen molar-refractivity contribution in [1.29, 1.82) is 0 Å². The molecule has 1 aromatic carbocycles. The van der Waals surface area contributed by atoms with Gasteiger partial charge in [-0.1, -0.05) is 21.8 Å². The van der Waals surface area contributed by atoms with E-state index in [9.17, 15) is 18.1 Å². The highest BCUT2D eigenvalue weighted by Crippen LogP contribution is 2.31. The van der Waals surface area contributed by atoms with Crippen molar-refractivity contribution < 1.29 is 18.1 Å². The molecule has 1 amide bonds. The third kappa shape index (κ3) is 5.94. The van der Waals surface area contributed by atoms with Crippen LogP contribution in [0, 0.1) is 12.7 Å². The standard InChI is InChI=1S/C25H22F3N5O/c1-16-12-21(27)23(33-25(34)17(4-3-8-26)7-11-32-28)15-20(16)18-5-9-30-22(13-18)19-6-10-31-24(14-19)29-2/h3-7,9-15H,8H2,1-2H3,(H,29,31)(H,33,34)/b4-3+,17-7+,32-11-. The van der Waals surface area contributed by atoms with Crippen LogP contribution < -0.4 is 10.6 Å². The van der Waals surface area contributed by atoms with E-state index in [0.29, 0.717) is 22.6 Å². The second kappa shape index (κ2) is 11.6. The number of alkyl halides is 1. The molecule has 0 aliphatic heterocycles. The molecule has 0 fully saturated rings. The average molecular weight is 465 g/mol. The number of rotatable bonds is 8. The second-order valence-electron chi connectivity index (χ2n) is 7.14. The molecule has 0 aliphatic rings. The van der Waals surface area contributed by atoms with Crippen molar-refractivity contribution in [2.45, 2.75) is 6.92 Å². The maximum Gasteiger partial charge on any atom is 0.255 e. The molecule has 3 rings (SSSR count). The third-order valence-corrected chi connectivity index (χ3v) is 4.90. The number of aromatic nitrogens is 2. The Hall–Kier alpha value is -4.27. The van der Waals surface area contributed by atoms with Crippen LogP contribution in [0.3, 0.4) is 0 Å². The zero-order valence-corrected chi connectivity index (χ0v) is 18.5. The van der Waals surface area contributed by atoms with E-state index in [1.165, 1.54) is 12.1 Å². The molecule has 174 valence electrons. The number of nitrogens with zero attached hydrogens (tertiary/aromatic N) is 3. The van der Waals surface area contributed by atoms with E-state index in [0.717, 1.165) is 35.6 Å². The van der Waals surface area contributed by atoms with Crippen LogP contribution in [0.25, 0.3) is 22.4 Å². The molecular weight excluding hydrogens is 443 g/mol. The zero-order valence-electron chi connectivity index (χ0n) is 18.5. The first-order valence-corrected chi connectivity index (χ1v) is 10.3. The number of anilines is 2. The van der Waals surface area contributed by atoms with Gasteiger partial charge >= 0.3 is 0 Å². The van der Waals surface area contributed by atoms with Crippen molar-refractivity contribution in [2.24, 2.45) is 5.21 Å². The van der Waals surface area contributed by atoms with Crippen molar-refractivity contribution in [3.05, 3.63) is 84.0 Å². The minimum absolute atomic E-state index is 0.0814. The van der Waals surface area contributed by atoms with Gasteiger partial charge in [0.2, 0.25) is 0 Å². The normalized spacial score (nSPS) is 11.9. The summed E-state index contributed by atoms with van der Waals surface area (Å²) < 4.78 is 39.3. The predicted octanol–water partition coefficient (Wildman–Crippen LogP) is 5.65. The van der Waals surface area contributed by atoms with E-state index in [2.05, 4.69) is 25.8 Å². The van der Waals surface area contributed by atoms with Crippen molar-refractivity contribution in [1.82, 2.24) is 9.97 Å². The zero-order chi connectivity index (χ0) is 24.5. The van der Waals surface area contributed by atoms with E-state index >= 15 is 0 Å². The Morgan fingerprint density at radius 2 is 1.88 bits per heavy atom. The molecule has 0 radical (unpaired) electrons. The van der Waals surface area contributed by atoms with Crippen LogP contribution in [0.1, 0.15) is 5.56 Å². The summed E-state index contributed by atoms with van der Waals surface area (Å²) in [5.74, 6) is -0.703. The molecule has 34 heavy (non-hydrogen) atoms. The fourth-order valence-corrected chi connectivity index (χ4v) is 3.24. The molecule has 3 aromatic rings. The first-order valence-electron chi connectivity index (χ1n) is 10.3. The lowest BCUT2D eigenvalue weighted by atomic mass is 9.98. The minimum atomic E-state index is -0.821. The second-order valence-corrected chi connectivity index (χ2v) is 7.14. The molecule has 0 bridgehead atoms. The van der Waals surface area contributed by atoms with E-state index in [1.54, 1.807) is 32.4 Å². The van der Waals surface area contributed by atoms with Gasteiger partial charge in [0.1, 0.15) is 18.3 Å². The summed E-state index contributed by atoms with van der Waals surface area (Å²) in [4.78, 5) is 21.2. The van der Waals surface area contributed by atoms with E-state index < -0.39 is 18.4 Å². The quantitative estimate of drug-likeness (QED) is 0.256.